The molecule has 0 spiro atoms. The fraction of sp³-hybridized carbons (Fsp3) is 0.348. The highest BCUT2D eigenvalue weighted by Crippen LogP contribution is 2.30. The van der Waals surface area contributed by atoms with Gasteiger partial charge in [0.1, 0.15) is 0 Å². The van der Waals surface area contributed by atoms with Gasteiger partial charge in [-0.1, -0.05) is 25.1 Å². The van der Waals surface area contributed by atoms with Gasteiger partial charge in [-0.05, 0) is 66.6 Å². The Morgan fingerprint density at radius 1 is 1.03 bits per heavy atom. The summed E-state index contributed by atoms with van der Waals surface area (Å²) >= 11 is 0. The van der Waals surface area contributed by atoms with Crippen LogP contribution in [0, 0.1) is 5.92 Å². The van der Waals surface area contributed by atoms with Crippen LogP contribution in [0.2, 0.25) is 0 Å². The summed E-state index contributed by atoms with van der Waals surface area (Å²) in [6, 6.07) is 13.4. The maximum absolute atomic E-state index is 12.5. The molecule has 4 rings (SSSR count). The molecular weight excluding hydrogens is 366 g/mol. The molecule has 1 aliphatic carbocycles. The number of rotatable bonds is 4. The minimum Gasteiger partial charge on any atom is -0.312 e. The molecule has 0 saturated carbocycles. The highest BCUT2D eigenvalue weighted by molar-refractivity contribution is 6.01. The van der Waals surface area contributed by atoms with E-state index in [0.717, 1.165) is 36.9 Å². The largest absolute Gasteiger partial charge is 0.312 e. The highest BCUT2D eigenvalue weighted by Gasteiger charge is 2.35. The van der Waals surface area contributed by atoms with E-state index in [1.54, 1.807) is 17.0 Å². The molecule has 0 aromatic heterocycles. The number of anilines is 1. The number of aryl methyl sites for hydroxylation is 3. The lowest BCUT2D eigenvalue weighted by Crippen LogP contribution is -2.45. The average molecular weight is 391 g/mol. The van der Waals surface area contributed by atoms with Crippen molar-refractivity contribution >= 4 is 23.4 Å². The number of hydrogen-bond acceptors (Lipinski definition) is 3. The molecule has 6 heteroatoms. The molecule has 0 radical (unpaired) electrons. The summed E-state index contributed by atoms with van der Waals surface area (Å²) in [6.45, 7) is 2.37. The van der Waals surface area contributed by atoms with Gasteiger partial charge in [0.05, 0.1) is 5.92 Å². The van der Waals surface area contributed by atoms with Crippen LogP contribution in [0.5, 0.6) is 0 Å². The maximum Gasteiger partial charge on any atom is 0.269 e. The molecule has 29 heavy (non-hydrogen) atoms. The zero-order valence-electron chi connectivity index (χ0n) is 16.5. The number of carbonyl (C=O) groups excluding carboxylic acids is 3. The van der Waals surface area contributed by atoms with Crippen LogP contribution in [0.4, 0.5) is 5.69 Å². The molecule has 1 aliphatic heterocycles. The van der Waals surface area contributed by atoms with E-state index in [0.29, 0.717) is 12.1 Å². The molecule has 2 aromatic rings. The van der Waals surface area contributed by atoms with Gasteiger partial charge in [0.15, 0.2) is 0 Å². The summed E-state index contributed by atoms with van der Waals surface area (Å²) in [6.07, 6.45) is 4.33. The Balaban J connectivity index is 1.34. The van der Waals surface area contributed by atoms with Crippen molar-refractivity contribution in [3.8, 4) is 0 Å². The van der Waals surface area contributed by atoms with Crippen molar-refractivity contribution in [2.24, 2.45) is 5.92 Å². The van der Waals surface area contributed by atoms with E-state index >= 15 is 0 Å². The van der Waals surface area contributed by atoms with Gasteiger partial charge in [-0.15, -0.1) is 0 Å². The topological polar surface area (TPSA) is 78.5 Å². The van der Waals surface area contributed by atoms with Gasteiger partial charge in [-0.2, -0.15) is 0 Å². The fourth-order valence-corrected chi connectivity index (χ4v) is 4.04. The van der Waals surface area contributed by atoms with Crippen LogP contribution < -0.4 is 15.8 Å². The van der Waals surface area contributed by atoms with Gasteiger partial charge in [0, 0.05) is 24.2 Å². The van der Waals surface area contributed by atoms with Crippen molar-refractivity contribution in [2.75, 3.05) is 11.4 Å². The summed E-state index contributed by atoms with van der Waals surface area (Å²) in [5.74, 6) is -1.27. The molecule has 2 N–H and O–H groups in total. The first-order chi connectivity index (χ1) is 14.0. The van der Waals surface area contributed by atoms with Crippen molar-refractivity contribution in [1.82, 2.24) is 10.9 Å². The average Bonchev–Trinajstić information content (AvgIpc) is 3.37. The minimum absolute atomic E-state index is 0.0652. The fourth-order valence-electron chi connectivity index (χ4n) is 4.04. The van der Waals surface area contributed by atoms with Gasteiger partial charge in [-0.3, -0.25) is 25.2 Å². The zero-order chi connectivity index (χ0) is 20.4. The number of amides is 3. The molecule has 0 bridgehead atoms. The summed E-state index contributed by atoms with van der Waals surface area (Å²) in [7, 11) is 0. The van der Waals surface area contributed by atoms with E-state index in [9.17, 15) is 14.4 Å². The molecule has 1 atom stereocenters. The SMILES string of the molecule is CCc1ccc(C(=O)NNC(=O)C2CC(=O)N(c3ccc4c(c3)CCC4)C2)cc1. The van der Waals surface area contributed by atoms with E-state index < -0.39 is 5.92 Å². The first kappa shape index (κ1) is 19.2. The molecule has 150 valence electrons. The number of hydrazine groups is 1. The van der Waals surface area contributed by atoms with Crippen LogP contribution in [0.3, 0.4) is 0 Å². The molecule has 1 heterocycles. The summed E-state index contributed by atoms with van der Waals surface area (Å²) in [5.41, 5.74) is 10.0. The van der Waals surface area contributed by atoms with Gasteiger partial charge in [0.2, 0.25) is 11.8 Å². The van der Waals surface area contributed by atoms with Crippen molar-refractivity contribution < 1.29 is 14.4 Å². The first-order valence-electron chi connectivity index (χ1n) is 10.2. The number of hydrogen-bond donors (Lipinski definition) is 2. The second-order valence-corrected chi connectivity index (χ2v) is 7.71. The Morgan fingerprint density at radius 2 is 1.79 bits per heavy atom. The number of nitrogens with zero attached hydrogens (tertiary/aromatic N) is 1. The lowest BCUT2D eigenvalue weighted by molar-refractivity contribution is -0.126. The molecule has 2 aliphatic rings. The Kier molecular flexibility index (Phi) is 5.34. The van der Waals surface area contributed by atoms with Gasteiger partial charge < -0.3 is 4.90 Å². The van der Waals surface area contributed by atoms with Gasteiger partial charge >= 0.3 is 0 Å². The maximum atomic E-state index is 12.5. The van der Waals surface area contributed by atoms with E-state index in [2.05, 4.69) is 23.0 Å². The smallest absolute Gasteiger partial charge is 0.269 e. The minimum atomic E-state index is -0.487. The lowest BCUT2D eigenvalue weighted by atomic mass is 10.1. The summed E-state index contributed by atoms with van der Waals surface area (Å²) in [4.78, 5) is 38.8. The van der Waals surface area contributed by atoms with Crippen LogP contribution in [-0.4, -0.2) is 24.3 Å². The van der Waals surface area contributed by atoms with Crippen molar-refractivity contribution in [3.05, 3.63) is 64.7 Å². The standard InChI is InChI=1S/C23H25N3O3/c1-2-15-6-8-17(9-7-15)22(28)24-25-23(29)19-13-21(27)26(14-19)20-11-10-16-4-3-5-18(16)12-20/h6-12,19H,2-5,13-14H2,1H3,(H,24,28)(H,25,29). The number of carbonyl (C=O) groups is 3. The Bertz CT molecular complexity index is 952. The van der Waals surface area contributed by atoms with Crippen LogP contribution in [-0.2, 0) is 28.9 Å². The van der Waals surface area contributed by atoms with Crippen LogP contribution in [0.1, 0.15) is 46.8 Å². The van der Waals surface area contributed by atoms with E-state index in [1.165, 1.54) is 11.1 Å². The van der Waals surface area contributed by atoms with Crippen LogP contribution >= 0.6 is 0 Å². The third kappa shape index (κ3) is 4.01. The predicted molar refractivity (Wildman–Crippen MR) is 110 cm³/mol. The molecular formula is C23H25N3O3. The van der Waals surface area contributed by atoms with Gasteiger partial charge in [-0.25, -0.2) is 0 Å². The molecule has 1 unspecified atom stereocenters. The van der Waals surface area contributed by atoms with Crippen molar-refractivity contribution in [3.63, 3.8) is 0 Å². The Labute approximate surface area is 170 Å². The molecule has 2 aromatic carbocycles. The van der Waals surface area contributed by atoms with Crippen molar-refractivity contribution in [1.29, 1.82) is 0 Å². The molecule has 3 amide bonds. The van der Waals surface area contributed by atoms with Crippen LogP contribution in [0.15, 0.2) is 42.5 Å². The quantitative estimate of drug-likeness (QED) is 0.787. The monoisotopic (exact) mass is 391 g/mol. The second kappa shape index (κ2) is 8.07. The van der Waals surface area contributed by atoms with Gasteiger partial charge in [0.25, 0.3) is 5.91 Å². The summed E-state index contributed by atoms with van der Waals surface area (Å²) in [5, 5.41) is 0. The van der Waals surface area contributed by atoms with E-state index in [4.69, 9.17) is 0 Å². The molecule has 1 fully saturated rings. The molecule has 1 saturated heterocycles. The third-order valence-corrected chi connectivity index (χ3v) is 5.81. The van der Waals surface area contributed by atoms with Crippen molar-refractivity contribution in [2.45, 2.75) is 39.0 Å². The van der Waals surface area contributed by atoms with Crippen LogP contribution in [0.25, 0.3) is 0 Å². The molecule has 6 nitrogen and oxygen atoms in total. The van der Waals surface area contributed by atoms with E-state index in [-0.39, 0.29) is 24.1 Å². The normalized spacial score (nSPS) is 17.9. The predicted octanol–water partition coefficient (Wildman–Crippen LogP) is 2.55. The number of fused-ring (bicyclic) bond motifs is 1. The Hall–Kier alpha value is -3.15. The second-order valence-electron chi connectivity index (χ2n) is 7.71. The highest BCUT2D eigenvalue weighted by atomic mass is 16.2. The first-order valence-corrected chi connectivity index (χ1v) is 10.2. The van der Waals surface area contributed by atoms with E-state index in [1.807, 2.05) is 25.1 Å². The summed E-state index contributed by atoms with van der Waals surface area (Å²) < 4.78 is 0. The number of nitrogens with one attached hydrogen (secondary N) is 2. The third-order valence-electron chi connectivity index (χ3n) is 5.81. The number of benzene rings is 2. The Morgan fingerprint density at radius 3 is 2.55 bits per heavy atom. The zero-order valence-corrected chi connectivity index (χ0v) is 16.5. The lowest BCUT2D eigenvalue weighted by Gasteiger charge is -2.18.